The third kappa shape index (κ3) is 1.76. The summed E-state index contributed by atoms with van der Waals surface area (Å²) in [4.78, 5) is 11.4. The molecule has 16 heavy (non-hydrogen) atoms. The van der Waals surface area contributed by atoms with Crippen molar-refractivity contribution in [1.82, 2.24) is 0 Å². The fraction of sp³-hybridized carbons (Fsp3) is 0.417. The second-order valence-corrected chi connectivity index (χ2v) is 4.08. The van der Waals surface area contributed by atoms with E-state index in [-0.39, 0.29) is 18.6 Å². The highest BCUT2D eigenvalue weighted by Crippen LogP contribution is 2.35. The first-order chi connectivity index (χ1) is 7.65. The van der Waals surface area contributed by atoms with Crippen LogP contribution in [0.2, 0.25) is 0 Å². The summed E-state index contributed by atoms with van der Waals surface area (Å²) in [5.74, 6) is 0.379. The highest BCUT2D eigenvalue weighted by Gasteiger charge is 2.52. The molecular formula is C12H15NO3. The van der Waals surface area contributed by atoms with Crippen molar-refractivity contribution in [1.29, 1.82) is 0 Å². The van der Waals surface area contributed by atoms with Gasteiger partial charge in [-0.2, -0.15) is 0 Å². The van der Waals surface area contributed by atoms with Crippen LogP contribution in [-0.4, -0.2) is 25.2 Å². The zero-order valence-electron chi connectivity index (χ0n) is 9.18. The maximum atomic E-state index is 11.4. The van der Waals surface area contributed by atoms with Crippen LogP contribution in [0, 0.1) is 5.41 Å². The molecule has 1 aromatic rings. The van der Waals surface area contributed by atoms with Crippen molar-refractivity contribution in [3.63, 3.8) is 0 Å². The lowest BCUT2D eigenvalue weighted by Gasteiger charge is -2.44. The van der Waals surface area contributed by atoms with Crippen LogP contribution in [0.15, 0.2) is 30.3 Å². The van der Waals surface area contributed by atoms with E-state index in [0.717, 1.165) is 5.75 Å². The van der Waals surface area contributed by atoms with E-state index in [1.54, 1.807) is 0 Å². The van der Waals surface area contributed by atoms with Gasteiger partial charge in [-0.05, 0) is 19.1 Å². The van der Waals surface area contributed by atoms with Crippen molar-refractivity contribution >= 4 is 5.91 Å². The maximum Gasteiger partial charge on any atom is 0.232 e. The van der Waals surface area contributed by atoms with Gasteiger partial charge in [-0.3, -0.25) is 4.79 Å². The number of carbonyl (C=O) groups excluding carboxylic acids is 1. The largest absolute Gasteiger partial charge is 0.492 e. The van der Waals surface area contributed by atoms with Crippen molar-refractivity contribution < 1.29 is 14.3 Å². The summed E-state index contributed by atoms with van der Waals surface area (Å²) in [5, 5.41) is 0. The second kappa shape index (κ2) is 4.14. The Labute approximate surface area is 94.3 Å². The number of para-hydroxylation sites is 1. The van der Waals surface area contributed by atoms with Gasteiger partial charge in [0.15, 0.2) is 0 Å². The molecule has 4 heteroatoms. The minimum atomic E-state index is -0.671. The van der Waals surface area contributed by atoms with Crippen LogP contribution in [0.5, 0.6) is 5.75 Å². The molecule has 0 aliphatic carbocycles. The zero-order chi connectivity index (χ0) is 11.6. The Morgan fingerprint density at radius 3 is 2.69 bits per heavy atom. The topological polar surface area (TPSA) is 61.6 Å². The molecule has 1 aliphatic rings. The third-order valence-electron chi connectivity index (χ3n) is 3.10. The fourth-order valence-corrected chi connectivity index (χ4v) is 1.68. The van der Waals surface area contributed by atoms with Crippen LogP contribution in [-0.2, 0) is 9.53 Å². The zero-order valence-corrected chi connectivity index (χ0v) is 9.18. The molecule has 1 saturated heterocycles. The first kappa shape index (κ1) is 11.0. The quantitative estimate of drug-likeness (QED) is 0.823. The third-order valence-corrected chi connectivity index (χ3v) is 3.10. The summed E-state index contributed by atoms with van der Waals surface area (Å²) in [6.07, 6.45) is -0.172. The van der Waals surface area contributed by atoms with Gasteiger partial charge in [0.1, 0.15) is 17.8 Å². The van der Waals surface area contributed by atoms with Gasteiger partial charge in [-0.15, -0.1) is 0 Å². The molecule has 0 bridgehead atoms. The van der Waals surface area contributed by atoms with Crippen LogP contribution in [0.1, 0.15) is 6.92 Å². The van der Waals surface area contributed by atoms with Crippen LogP contribution >= 0.6 is 0 Å². The molecule has 0 aromatic heterocycles. The predicted molar refractivity (Wildman–Crippen MR) is 59.0 cm³/mol. The number of nitrogens with two attached hydrogens (primary N) is 1. The van der Waals surface area contributed by atoms with Crippen LogP contribution in [0.3, 0.4) is 0 Å². The molecule has 4 nitrogen and oxygen atoms in total. The van der Waals surface area contributed by atoms with E-state index in [1.807, 2.05) is 37.3 Å². The second-order valence-electron chi connectivity index (χ2n) is 4.08. The van der Waals surface area contributed by atoms with Gasteiger partial charge in [0, 0.05) is 0 Å². The molecule has 2 unspecified atom stereocenters. The number of carbonyl (C=O) groups is 1. The van der Waals surface area contributed by atoms with E-state index < -0.39 is 5.41 Å². The molecule has 1 aliphatic heterocycles. The number of primary amides is 1. The van der Waals surface area contributed by atoms with Gasteiger partial charge in [0.25, 0.3) is 0 Å². The van der Waals surface area contributed by atoms with Gasteiger partial charge in [-0.1, -0.05) is 18.2 Å². The Bertz CT molecular complexity index is 379. The number of amides is 1. The van der Waals surface area contributed by atoms with E-state index in [4.69, 9.17) is 15.2 Å². The molecule has 2 atom stereocenters. The number of ether oxygens (including phenoxy) is 2. The molecule has 1 heterocycles. The average Bonchev–Trinajstić information content (AvgIpc) is 2.28. The maximum absolute atomic E-state index is 11.4. The molecule has 2 rings (SSSR count). The van der Waals surface area contributed by atoms with Gasteiger partial charge < -0.3 is 15.2 Å². The Kier molecular flexibility index (Phi) is 2.83. The lowest BCUT2D eigenvalue weighted by molar-refractivity contribution is -0.195. The Morgan fingerprint density at radius 2 is 2.25 bits per heavy atom. The first-order valence-electron chi connectivity index (χ1n) is 5.24. The number of rotatable bonds is 4. The molecule has 86 valence electrons. The van der Waals surface area contributed by atoms with Crippen molar-refractivity contribution in [2.75, 3.05) is 13.2 Å². The lowest BCUT2D eigenvalue weighted by Crippen LogP contribution is -2.61. The Balaban J connectivity index is 2.01. The molecule has 2 N–H and O–H groups in total. The van der Waals surface area contributed by atoms with Crippen molar-refractivity contribution in [3.05, 3.63) is 30.3 Å². The lowest BCUT2D eigenvalue weighted by atomic mass is 9.79. The summed E-state index contributed by atoms with van der Waals surface area (Å²) >= 11 is 0. The average molecular weight is 221 g/mol. The highest BCUT2D eigenvalue weighted by molar-refractivity contribution is 5.82. The number of benzene rings is 1. The summed E-state index contributed by atoms with van der Waals surface area (Å²) in [5.41, 5.74) is 4.72. The van der Waals surface area contributed by atoms with Gasteiger partial charge in [0.2, 0.25) is 5.91 Å². The summed E-state index contributed by atoms with van der Waals surface area (Å²) < 4.78 is 10.8. The Hall–Kier alpha value is -1.55. The van der Waals surface area contributed by atoms with Crippen molar-refractivity contribution in [3.8, 4) is 5.75 Å². The van der Waals surface area contributed by atoms with Crippen molar-refractivity contribution in [2.45, 2.75) is 13.0 Å². The molecule has 1 amide bonds. The van der Waals surface area contributed by atoms with Gasteiger partial charge in [0.05, 0.1) is 12.7 Å². The van der Waals surface area contributed by atoms with E-state index in [2.05, 4.69) is 0 Å². The molecule has 0 saturated carbocycles. The van der Waals surface area contributed by atoms with Crippen LogP contribution in [0.4, 0.5) is 0 Å². The van der Waals surface area contributed by atoms with E-state index in [1.165, 1.54) is 0 Å². The van der Waals surface area contributed by atoms with E-state index in [0.29, 0.717) is 6.61 Å². The minimum absolute atomic E-state index is 0.172. The molecule has 0 radical (unpaired) electrons. The SMILES string of the molecule is CC1OCC1(COc1ccccc1)C(N)=O. The van der Waals surface area contributed by atoms with E-state index >= 15 is 0 Å². The first-order valence-corrected chi connectivity index (χ1v) is 5.24. The molecule has 1 fully saturated rings. The number of hydrogen-bond donors (Lipinski definition) is 1. The normalized spacial score (nSPS) is 28.2. The minimum Gasteiger partial charge on any atom is -0.492 e. The summed E-state index contributed by atoms with van der Waals surface area (Å²) in [6, 6.07) is 9.36. The van der Waals surface area contributed by atoms with Gasteiger partial charge in [-0.25, -0.2) is 0 Å². The standard InChI is InChI=1S/C12H15NO3/c1-9-12(7-15-9,11(13)14)8-16-10-5-3-2-4-6-10/h2-6,9H,7-8H2,1H3,(H2,13,14). The Morgan fingerprint density at radius 1 is 1.56 bits per heavy atom. The summed E-state index contributed by atoms with van der Waals surface area (Å²) in [6.45, 7) is 2.45. The monoisotopic (exact) mass is 221 g/mol. The highest BCUT2D eigenvalue weighted by atomic mass is 16.5. The fourth-order valence-electron chi connectivity index (χ4n) is 1.68. The van der Waals surface area contributed by atoms with Crippen LogP contribution < -0.4 is 10.5 Å². The smallest absolute Gasteiger partial charge is 0.232 e. The molecule has 1 aromatic carbocycles. The van der Waals surface area contributed by atoms with E-state index in [9.17, 15) is 4.79 Å². The number of hydrogen-bond acceptors (Lipinski definition) is 3. The summed E-state index contributed by atoms with van der Waals surface area (Å²) in [7, 11) is 0. The molecular weight excluding hydrogens is 206 g/mol. The predicted octanol–water partition coefficient (Wildman–Crippen LogP) is 0.956. The van der Waals surface area contributed by atoms with Gasteiger partial charge >= 0.3 is 0 Å². The molecule has 0 spiro atoms. The van der Waals surface area contributed by atoms with Crippen LogP contribution in [0.25, 0.3) is 0 Å². The van der Waals surface area contributed by atoms with Crippen molar-refractivity contribution in [2.24, 2.45) is 11.1 Å².